The number of anilines is 1. The van der Waals surface area contributed by atoms with Crippen LogP contribution in [0.1, 0.15) is 6.42 Å². The SMILES string of the molecule is FCCCNC(=S)Nc1ccsc1. The van der Waals surface area contributed by atoms with Gasteiger partial charge in [-0.15, -0.1) is 0 Å². The summed E-state index contributed by atoms with van der Waals surface area (Å²) in [5.74, 6) is 0. The van der Waals surface area contributed by atoms with Crippen LogP contribution in [0.3, 0.4) is 0 Å². The fraction of sp³-hybridized carbons (Fsp3) is 0.375. The van der Waals surface area contributed by atoms with Gasteiger partial charge >= 0.3 is 0 Å². The lowest BCUT2D eigenvalue weighted by Crippen LogP contribution is -2.29. The summed E-state index contributed by atoms with van der Waals surface area (Å²) in [5, 5.41) is 10.4. The average molecular weight is 218 g/mol. The lowest BCUT2D eigenvalue weighted by atomic mass is 10.5. The number of thiophene rings is 1. The summed E-state index contributed by atoms with van der Waals surface area (Å²) >= 11 is 6.58. The molecule has 0 bridgehead atoms. The Morgan fingerprint density at radius 2 is 2.46 bits per heavy atom. The van der Waals surface area contributed by atoms with Crippen molar-refractivity contribution in [2.75, 3.05) is 18.5 Å². The van der Waals surface area contributed by atoms with E-state index in [0.29, 0.717) is 18.1 Å². The van der Waals surface area contributed by atoms with Gasteiger partial charge in [-0.1, -0.05) is 0 Å². The molecule has 0 spiro atoms. The summed E-state index contributed by atoms with van der Waals surface area (Å²) < 4.78 is 11.7. The third kappa shape index (κ3) is 4.19. The fourth-order valence-corrected chi connectivity index (χ4v) is 1.59. The van der Waals surface area contributed by atoms with E-state index in [-0.39, 0.29) is 6.67 Å². The first-order valence-electron chi connectivity index (χ1n) is 3.96. The number of halogens is 1. The fourth-order valence-electron chi connectivity index (χ4n) is 0.780. The van der Waals surface area contributed by atoms with E-state index in [1.165, 1.54) is 0 Å². The van der Waals surface area contributed by atoms with Gasteiger partial charge < -0.3 is 10.6 Å². The van der Waals surface area contributed by atoms with Crippen LogP contribution in [-0.4, -0.2) is 18.3 Å². The van der Waals surface area contributed by atoms with Crippen molar-refractivity contribution >= 4 is 34.4 Å². The van der Waals surface area contributed by atoms with Gasteiger partial charge in [0.15, 0.2) is 5.11 Å². The van der Waals surface area contributed by atoms with Gasteiger partial charge in [-0.05, 0) is 30.1 Å². The highest BCUT2D eigenvalue weighted by Gasteiger charge is 1.95. The maximum atomic E-state index is 11.7. The van der Waals surface area contributed by atoms with Gasteiger partial charge in [-0.2, -0.15) is 11.3 Å². The number of nitrogens with one attached hydrogen (secondary N) is 2. The molecular weight excluding hydrogens is 207 g/mol. The molecule has 0 aliphatic heterocycles. The second-order valence-electron chi connectivity index (χ2n) is 2.44. The van der Waals surface area contributed by atoms with E-state index in [2.05, 4.69) is 10.6 Å². The van der Waals surface area contributed by atoms with Gasteiger partial charge in [0, 0.05) is 11.9 Å². The number of hydrogen-bond acceptors (Lipinski definition) is 2. The molecule has 0 fully saturated rings. The van der Waals surface area contributed by atoms with Crippen LogP contribution >= 0.6 is 23.6 Å². The standard InChI is InChI=1S/C8H11FN2S2/c9-3-1-4-10-8(12)11-7-2-5-13-6-7/h2,5-6H,1,3-4H2,(H2,10,11,12). The van der Waals surface area contributed by atoms with Crippen LogP contribution in [0.5, 0.6) is 0 Å². The van der Waals surface area contributed by atoms with E-state index in [1.54, 1.807) is 11.3 Å². The van der Waals surface area contributed by atoms with Crippen LogP contribution in [0.4, 0.5) is 10.1 Å². The number of hydrogen-bond donors (Lipinski definition) is 2. The predicted octanol–water partition coefficient (Wildman–Crippen LogP) is 2.39. The van der Waals surface area contributed by atoms with E-state index in [9.17, 15) is 4.39 Å². The molecule has 1 aromatic heterocycles. The number of thiocarbonyl (C=S) groups is 1. The van der Waals surface area contributed by atoms with Crippen molar-refractivity contribution in [2.24, 2.45) is 0 Å². The predicted molar refractivity (Wildman–Crippen MR) is 59.1 cm³/mol. The highest BCUT2D eigenvalue weighted by atomic mass is 32.1. The summed E-state index contributed by atoms with van der Waals surface area (Å²) in [4.78, 5) is 0. The maximum absolute atomic E-state index is 11.7. The maximum Gasteiger partial charge on any atom is 0.170 e. The Bertz CT molecular complexity index is 249. The van der Waals surface area contributed by atoms with Crippen molar-refractivity contribution < 1.29 is 4.39 Å². The molecule has 2 nitrogen and oxygen atoms in total. The van der Waals surface area contributed by atoms with Crippen LogP contribution in [0, 0.1) is 0 Å². The normalized spacial score (nSPS) is 9.62. The molecule has 72 valence electrons. The van der Waals surface area contributed by atoms with Crippen molar-refractivity contribution in [1.82, 2.24) is 5.32 Å². The third-order valence-corrected chi connectivity index (χ3v) is 2.30. The van der Waals surface area contributed by atoms with E-state index >= 15 is 0 Å². The molecule has 1 aromatic rings. The Kier molecular flexibility index (Phi) is 4.70. The number of alkyl halides is 1. The van der Waals surface area contributed by atoms with E-state index in [0.717, 1.165) is 5.69 Å². The Labute approximate surface area is 86.2 Å². The largest absolute Gasteiger partial charge is 0.362 e. The first-order valence-corrected chi connectivity index (χ1v) is 5.31. The van der Waals surface area contributed by atoms with Crippen molar-refractivity contribution in [3.8, 4) is 0 Å². The molecule has 1 rings (SSSR count). The van der Waals surface area contributed by atoms with Crippen LogP contribution in [-0.2, 0) is 0 Å². The minimum absolute atomic E-state index is 0.311. The Balaban J connectivity index is 2.18. The second kappa shape index (κ2) is 5.88. The van der Waals surface area contributed by atoms with Crippen LogP contribution < -0.4 is 10.6 Å². The quantitative estimate of drug-likeness (QED) is 0.599. The highest BCUT2D eigenvalue weighted by molar-refractivity contribution is 7.80. The van der Waals surface area contributed by atoms with Gasteiger partial charge in [0.2, 0.25) is 0 Å². The molecule has 0 saturated carbocycles. The zero-order valence-corrected chi connectivity index (χ0v) is 8.68. The van der Waals surface area contributed by atoms with Crippen molar-refractivity contribution in [1.29, 1.82) is 0 Å². The third-order valence-electron chi connectivity index (χ3n) is 1.38. The summed E-state index contributed by atoms with van der Waals surface area (Å²) in [5.41, 5.74) is 0.975. The molecular formula is C8H11FN2S2. The summed E-state index contributed by atoms with van der Waals surface area (Å²) in [6.07, 6.45) is 0.492. The van der Waals surface area contributed by atoms with Crippen molar-refractivity contribution in [2.45, 2.75) is 6.42 Å². The lowest BCUT2D eigenvalue weighted by molar-refractivity contribution is 0.472. The first-order chi connectivity index (χ1) is 6.33. The Morgan fingerprint density at radius 3 is 3.08 bits per heavy atom. The topological polar surface area (TPSA) is 24.1 Å². The molecule has 0 aliphatic rings. The number of rotatable bonds is 4. The zero-order valence-electron chi connectivity index (χ0n) is 7.05. The van der Waals surface area contributed by atoms with Crippen LogP contribution in [0.15, 0.2) is 16.8 Å². The molecule has 0 saturated heterocycles. The molecule has 0 atom stereocenters. The smallest absolute Gasteiger partial charge is 0.170 e. The summed E-state index contributed by atoms with van der Waals surface area (Å²) in [7, 11) is 0. The molecule has 13 heavy (non-hydrogen) atoms. The summed E-state index contributed by atoms with van der Waals surface area (Å²) in [6.45, 7) is 0.264. The van der Waals surface area contributed by atoms with Crippen molar-refractivity contribution in [3.05, 3.63) is 16.8 Å². The van der Waals surface area contributed by atoms with Gasteiger partial charge in [0.1, 0.15) is 0 Å². The van der Waals surface area contributed by atoms with Gasteiger partial charge in [-0.25, -0.2) is 0 Å². The highest BCUT2D eigenvalue weighted by Crippen LogP contribution is 2.11. The molecule has 0 unspecified atom stereocenters. The zero-order chi connectivity index (χ0) is 9.52. The minimum atomic E-state index is -0.311. The average Bonchev–Trinajstić information content (AvgIpc) is 2.57. The second-order valence-corrected chi connectivity index (χ2v) is 3.62. The molecule has 0 aliphatic carbocycles. The van der Waals surface area contributed by atoms with E-state index in [4.69, 9.17) is 12.2 Å². The van der Waals surface area contributed by atoms with Gasteiger partial charge in [-0.3, -0.25) is 4.39 Å². The minimum Gasteiger partial charge on any atom is -0.362 e. The molecule has 0 amide bonds. The molecule has 0 radical (unpaired) electrons. The molecule has 5 heteroatoms. The summed E-state index contributed by atoms with van der Waals surface area (Å²) in [6, 6.07) is 1.94. The van der Waals surface area contributed by atoms with Crippen LogP contribution in [0.2, 0.25) is 0 Å². The lowest BCUT2D eigenvalue weighted by Gasteiger charge is -2.07. The van der Waals surface area contributed by atoms with Gasteiger partial charge in [0.25, 0.3) is 0 Å². The molecule has 2 N–H and O–H groups in total. The van der Waals surface area contributed by atoms with E-state index in [1.807, 2.05) is 16.8 Å². The Hall–Kier alpha value is -0.680. The monoisotopic (exact) mass is 218 g/mol. The Morgan fingerprint density at radius 1 is 1.62 bits per heavy atom. The van der Waals surface area contributed by atoms with Gasteiger partial charge in [0.05, 0.1) is 12.4 Å². The first kappa shape index (κ1) is 10.4. The van der Waals surface area contributed by atoms with Crippen molar-refractivity contribution in [3.63, 3.8) is 0 Å². The molecule has 1 heterocycles. The van der Waals surface area contributed by atoms with Crippen LogP contribution in [0.25, 0.3) is 0 Å². The van der Waals surface area contributed by atoms with E-state index < -0.39 is 0 Å². The molecule has 0 aromatic carbocycles.